The molecule has 1 unspecified atom stereocenters. The number of Topliss-reactive ketones (excluding diaryl/α,β-unsaturated/α-hetero) is 1. The number of halogens is 1. The third kappa shape index (κ3) is 5.04. The molecule has 102 valence electrons. The summed E-state index contributed by atoms with van der Waals surface area (Å²) in [6.45, 7) is 4.31. The van der Waals surface area contributed by atoms with Gasteiger partial charge in [-0.15, -0.1) is 0 Å². The van der Waals surface area contributed by atoms with Crippen LogP contribution in [0.2, 0.25) is 0 Å². The van der Waals surface area contributed by atoms with E-state index in [2.05, 4.69) is 0 Å². The van der Waals surface area contributed by atoms with Gasteiger partial charge in [-0.2, -0.15) is 0 Å². The Balaban J connectivity index is 0.00000289. The molecule has 4 heteroatoms. The molecule has 0 saturated carbocycles. The molecule has 0 amide bonds. The van der Waals surface area contributed by atoms with Gasteiger partial charge in [-0.3, -0.25) is 4.79 Å². The van der Waals surface area contributed by atoms with Gasteiger partial charge in [0.25, 0.3) is 0 Å². The van der Waals surface area contributed by atoms with Gasteiger partial charge < -0.3 is 33.6 Å². The SMILES string of the molecule is Cc1ccc(C(=O)C(O)C[N+](C)(C)C)c(C)c1.[I-]. The van der Waals surface area contributed by atoms with Gasteiger partial charge in [-0.05, 0) is 19.4 Å². The van der Waals surface area contributed by atoms with Crippen molar-refractivity contribution >= 4 is 5.78 Å². The Morgan fingerprint density at radius 3 is 2.28 bits per heavy atom. The molecule has 0 aliphatic rings. The Labute approximate surface area is 126 Å². The summed E-state index contributed by atoms with van der Waals surface area (Å²) in [6.07, 6.45) is -0.934. The van der Waals surface area contributed by atoms with Crippen molar-refractivity contribution in [3.63, 3.8) is 0 Å². The lowest BCUT2D eigenvalue weighted by molar-refractivity contribution is -0.872. The minimum atomic E-state index is -0.934. The highest BCUT2D eigenvalue weighted by molar-refractivity contribution is 6.00. The maximum Gasteiger partial charge on any atom is 0.197 e. The average Bonchev–Trinajstić information content (AvgIpc) is 2.14. The Morgan fingerprint density at radius 2 is 1.83 bits per heavy atom. The van der Waals surface area contributed by atoms with Gasteiger partial charge in [-0.25, -0.2) is 0 Å². The van der Waals surface area contributed by atoms with Crippen LogP contribution in [0.3, 0.4) is 0 Å². The van der Waals surface area contributed by atoms with Gasteiger partial charge in [0, 0.05) is 5.56 Å². The van der Waals surface area contributed by atoms with E-state index in [0.717, 1.165) is 11.1 Å². The van der Waals surface area contributed by atoms with Crippen molar-refractivity contribution in [2.75, 3.05) is 27.7 Å². The van der Waals surface area contributed by atoms with E-state index >= 15 is 0 Å². The summed E-state index contributed by atoms with van der Waals surface area (Å²) in [5.41, 5.74) is 2.67. The van der Waals surface area contributed by atoms with E-state index in [0.29, 0.717) is 16.6 Å². The average molecular weight is 363 g/mol. The van der Waals surface area contributed by atoms with E-state index < -0.39 is 6.10 Å². The Hall–Kier alpha value is -0.460. The van der Waals surface area contributed by atoms with Gasteiger partial charge in [-0.1, -0.05) is 23.8 Å². The molecule has 0 aliphatic heterocycles. The van der Waals surface area contributed by atoms with Crippen molar-refractivity contribution in [1.82, 2.24) is 0 Å². The number of rotatable bonds is 4. The summed E-state index contributed by atoms with van der Waals surface area (Å²) < 4.78 is 0.567. The molecule has 1 rings (SSSR count). The van der Waals surface area contributed by atoms with E-state index in [9.17, 15) is 9.90 Å². The normalized spacial score (nSPS) is 12.8. The standard InChI is InChI=1S/C14H22NO2.HI/c1-10-6-7-12(11(2)8-10)14(17)13(16)9-15(3,4)5;/h6-8,13,16H,9H2,1-5H3;1H/q+1;/p-1. The topological polar surface area (TPSA) is 37.3 Å². The maximum atomic E-state index is 12.1. The number of aliphatic hydroxyl groups excluding tert-OH is 1. The van der Waals surface area contributed by atoms with Gasteiger partial charge in [0.2, 0.25) is 0 Å². The fraction of sp³-hybridized carbons (Fsp3) is 0.500. The lowest BCUT2D eigenvalue weighted by Crippen LogP contribution is -3.00. The van der Waals surface area contributed by atoms with Crippen LogP contribution in [0.25, 0.3) is 0 Å². The summed E-state index contributed by atoms with van der Waals surface area (Å²) in [5, 5.41) is 9.94. The van der Waals surface area contributed by atoms with Crippen molar-refractivity contribution in [1.29, 1.82) is 0 Å². The van der Waals surface area contributed by atoms with Crippen molar-refractivity contribution in [2.24, 2.45) is 0 Å². The molecule has 0 aromatic heterocycles. The van der Waals surface area contributed by atoms with Crippen molar-refractivity contribution in [3.05, 3.63) is 34.9 Å². The molecule has 18 heavy (non-hydrogen) atoms. The number of carbonyl (C=O) groups is 1. The fourth-order valence-electron chi connectivity index (χ4n) is 1.87. The zero-order chi connectivity index (χ0) is 13.2. The molecule has 1 N–H and O–H groups in total. The number of likely N-dealkylation sites (N-methyl/N-ethyl adjacent to an activating group) is 1. The first-order chi connectivity index (χ1) is 7.70. The van der Waals surface area contributed by atoms with Crippen LogP contribution in [0.4, 0.5) is 0 Å². The van der Waals surface area contributed by atoms with Crippen LogP contribution in [0.5, 0.6) is 0 Å². The fourth-order valence-corrected chi connectivity index (χ4v) is 1.87. The second-order valence-corrected chi connectivity index (χ2v) is 5.67. The number of quaternary nitrogens is 1. The van der Waals surface area contributed by atoms with Crippen LogP contribution in [0, 0.1) is 13.8 Å². The van der Waals surface area contributed by atoms with Crippen LogP contribution < -0.4 is 24.0 Å². The zero-order valence-corrected chi connectivity index (χ0v) is 13.9. The number of carbonyl (C=O) groups excluding carboxylic acids is 1. The first-order valence-corrected chi connectivity index (χ1v) is 5.81. The van der Waals surface area contributed by atoms with Crippen LogP contribution in [-0.4, -0.2) is 49.2 Å². The Morgan fingerprint density at radius 1 is 1.28 bits per heavy atom. The predicted octanol–water partition coefficient (Wildman–Crippen LogP) is -1.44. The van der Waals surface area contributed by atoms with Gasteiger partial charge >= 0.3 is 0 Å². The largest absolute Gasteiger partial charge is 1.00 e. The van der Waals surface area contributed by atoms with Crippen molar-refractivity contribution in [2.45, 2.75) is 20.0 Å². The first-order valence-electron chi connectivity index (χ1n) is 5.81. The number of hydrogen-bond acceptors (Lipinski definition) is 2. The molecular weight excluding hydrogens is 341 g/mol. The van der Waals surface area contributed by atoms with Crippen LogP contribution in [0.1, 0.15) is 21.5 Å². The number of aryl methyl sites for hydroxylation is 2. The van der Waals surface area contributed by atoms with E-state index in [1.54, 1.807) is 6.07 Å². The molecule has 0 aliphatic carbocycles. The second-order valence-electron chi connectivity index (χ2n) is 5.67. The number of nitrogens with zero attached hydrogens (tertiary/aromatic N) is 1. The number of benzene rings is 1. The van der Waals surface area contributed by atoms with Crippen LogP contribution in [0.15, 0.2) is 18.2 Å². The molecule has 0 spiro atoms. The van der Waals surface area contributed by atoms with E-state index in [1.165, 1.54) is 0 Å². The van der Waals surface area contributed by atoms with Gasteiger partial charge in [0.15, 0.2) is 11.9 Å². The minimum absolute atomic E-state index is 0. The molecular formula is C14H22INO2. The third-order valence-electron chi connectivity index (χ3n) is 2.67. The molecule has 3 nitrogen and oxygen atoms in total. The highest BCUT2D eigenvalue weighted by atomic mass is 127. The van der Waals surface area contributed by atoms with E-state index in [1.807, 2.05) is 47.1 Å². The summed E-state index contributed by atoms with van der Waals surface area (Å²) in [4.78, 5) is 12.1. The lowest BCUT2D eigenvalue weighted by atomic mass is 9.99. The molecule has 0 fully saturated rings. The molecule has 0 saturated heterocycles. The molecule has 0 heterocycles. The Bertz CT molecular complexity index is 424. The predicted molar refractivity (Wildman–Crippen MR) is 69.2 cm³/mol. The van der Waals surface area contributed by atoms with Gasteiger partial charge in [0.05, 0.1) is 21.1 Å². The van der Waals surface area contributed by atoms with Crippen LogP contribution in [-0.2, 0) is 0 Å². The first kappa shape index (κ1) is 17.5. The van der Waals surface area contributed by atoms with Gasteiger partial charge in [0.1, 0.15) is 6.54 Å². The van der Waals surface area contributed by atoms with Crippen LogP contribution >= 0.6 is 0 Å². The summed E-state index contributed by atoms with van der Waals surface area (Å²) in [7, 11) is 5.87. The summed E-state index contributed by atoms with van der Waals surface area (Å²) in [6, 6.07) is 5.66. The third-order valence-corrected chi connectivity index (χ3v) is 2.67. The molecule has 1 atom stereocenters. The number of hydrogen-bond donors (Lipinski definition) is 1. The zero-order valence-electron chi connectivity index (χ0n) is 11.7. The summed E-state index contributed by atoms with van der Waals surface area (Å²) in [5.74, 6) is -0.185. The highest BCUT2D eigenvalue weighted by Gasteiger charge is 2.24. The number of aliphatic hydroxyl groups is 1. The number of ketones is 1. The monoisotopic (exact) mass is 363 g/mol. The molecule has 1 aromatic rings. The second kappa shape index (κ2) is 6.63. The van der Waals surface area contributed by atoms with Crippen molar-refractivity contribution < 1.29 is 38.4 Å². The van der Waals surface area contributed by atoms with E-state index in [-0.39, 0.29) is 29.8 Å². The summed E-state index contributed by atoms with van der Waals surface area (Å²) >= 11 is 0. The quantitative estimate of drug-likeness (QED) is 0.404. The lowest BCUT2D eigenvalue weighted by Gasteiger charge is -2.26. The van der Waals surface area contributed by atoms with E-state index in [4.69, 9.17) is 0 Å². The maximum absolute atomic E-state index is 12.1. The minimum Gasteiger partial charge on any atom is -1.00 e. The molecule has 0 radical (unpaired) electrons. The smallest absolute Gasteiger partial charge is 0.197 e. The molecule has 0 bridgehead atoms. The van der Waals surface area contributed by atoms with Crippen molar-refractivity contribution in [3.8, 4) is 0 Å². The molecule has 1 aromatic carbocycles. The highest BCUT2D eigenvalue weighted by Crippen LogP contribution is 2.13. The Kier molecular flexibility index (Phi) is 6.46.